The van der Waals surface area contributed by atoms with Crippen molar-refractivity contribution in [1.82, 2.24) is 4.90 Å². The van der Waals surface area contributed by atoms with E-state index in [1.165, 1.54) is 0 Å². The van der Waals surface area contributed by atoms with E-state index < -0.39 is 0 Å². The second-order valence-corrected chi connectivity index (χ2v) is 4.63. The highest BCUT2D eigenvalue weighted by Gasteiger charge is 2.13. The van der Waals surface area contributed by atoms with Gasteiger partial charge in [-0.3, -0.25) is 0 Å². The number of rotatable bonds is 5. The smallest absolute Gasteiger partial charge is 0.139 e. The van der Waals surface area contributed by atoms with Crippen LogP contribution in [-0.4, -0.2) is 31.6 Å². The van der Waals surface area contributed by atoms with Gasteiger partial charge in [-0.05, 0) is 26.2 Å². The van der Waals surface area contributed by atoms with Gasteiger partial charge in [0.2, 0.25) is 0 Å². The van der Waals surface area contributed by atoms with Gasteiger partial charge in [0.1, 0.15) is 17.4 Å². The molecule has 0 N–H and O–H groups in total. The summed E-state index contributed by atoms with van der Waals surface area (Å²) < 4.78 is 5.58. The average Bonchev–Trinajstić information content (AvgIpc) is 2.29. The highest BCUT2D eigenvalue weighted by molar-refractivity contribution is 6.42. The summed E-state index contributed by atoms with van der Waals surface area (Å²) in [6.07, 6.45) is 0.408. The number of likely N-dealkylation sites (N-methyl/N-ethyl adjacent to an activating group) is 1. The highest BCUT2D eigenvalue weighted by atomic mass is 35.5. The van der Waals surface area contributed by atoms with E-state index >= 15 is 0 Å². The summed E-state index contributed by atoms with van der Waals surface area (Å²) in [5.74, 6) is 0.545. The van der Waals surface area contributed by atoms with E-state index in [-0.39, 0.29) is 6.04 Å². The van der Waals surface area contributed by atoms with Crippen molar-refractivity contribution in [1.29, 1.82) is 5.26 Å². The van der Waals surface area contributed by atoms with Gasteiger partial charge in [0.05, 0.1) is 23.6 Å². The quantitative estimate of drug-likeness (QED) is 0.826. The van der Waals surface area contributed by atoms with Crippen LogP contribution in [-0.2, 0) is 0 Å². The SMILES string of the molecule is CN(C)C(CC#N)COc1cccc(Cl)c1Cl. The zero-order chi connectivity index (χ0) is 12.8. The summed E-state index contributed by atoms with van der Waals surface area (Å²) in [4.78, 5) is 1.95. The Kier molecular flexibility index (Phi) is 5.57. The van der Waals surface area contributed by atoms with Crippen molar-refractivity contribution in [3.63, 3.8) is 0 Å². The molecule has 0 aliphatic rings. The summed E-state index contributed by atoms with van der Waals surface area (Å²) in [7, 11) is 3.82. The molecule has 0 fully saturated rings. The molecule has 5 heteroatoms. The van der Waals surface area contributed by atoms with Crippen LogP contribution in [0.15, 0.2) is 18.2 Å². The number of hydrogen-bond donors (Lipinski definition) is 0. The van der Waals surface area contributed by atoms with Crippen LogP contribution in [0.25, 0.3) is 0 Å². The number of nitrogens with zero attached hydrogens (tertiary/aromatic N) is 2. The molecule has 1 atom stereocenters. The fraction of sp³-hybridized carbons (Fsp3) is 0.417. The molecular formula is C12H14Cl2N2O. The number of halogens is 2. The van der Waals surface area contributed by atoms with Crippen LogP contribution < -0.4 is 4.74 Å². The predicted octanol–water partition coefficient (Wildman–Crippen LogP) is 3.22. The summed E-state index contributed by atoms with van der Waals surface area (Å²) in [5, 5.41) is 9.57. The standard InChI is InChI=1S/C12H14Cl2N2O/c1-16(2)9(6-7-15)8-17-11-5-3-4-10(13)12(11)14/h3-5,9H,6,8H2,1-2H3. The average molecular weight is 273 g/mol. The molecule has 1 rings (SSSR count). The molecule has 0 aliphatic carbocycles. The van der Waals surface area contributed by atoms with Crippen LogP contribution in [0.1, 0.15) is 6.42 Å². The van der Waals surface area contributed by atoms with Crippen molar-refractivity contribution in [2.75, 3.05) is 20.7 Å². The van der Waals surface area contributed by atoms with Gasteiger partial charge in [0.25, 0.3) is 0 Å². The van der Waals surface area contributed by atoms with E-state index in [2.05, 4.69) is 6.07 Å². The van der Waals surface area contributed by atoms with Crippen molar-refractivity contribution >= 4 is 23.2 Å². The molecule has 3 nitrogen and oxygen atoms in total. The molecule has 0 aromatic heterocycles. The van der Waals surface area contributed by atoms with E-state index in [4.69, 9.17) is 33.2 Å². The first-order valence-corrected chi connectivity index (χ1v) is 5.92. The molecule has 1 unspecified atom stereocenters. The maximum Gasteiger partial charge on any atom is 0.139 e. The summed E-state index contributed by atoms with van der Waals surface area (Å²) in [6, 6.07) is 7.41. The maximum absolute atomic E-state index is 8.70. The Morgan fingerprint density at radius 2 is 2.12 bits per heavy atom. The fourth-order valence-corrected chi connectivity index (χ4v) is 1.62. The number of hydrogen-bond acceptors (Lipinski definition) is 3. The Labute approximate surface area is 111 Å². The Balaban J connectivity index is 2.66. The largest absolute Gasteiger partial charge is 0.490 e. The molecule has 1 aromatic carbocycles. The van der Waals surface area contributed by atoms with E-state index in [0.717, 1.165) is 0 Å². The Hall–Kier alpha value is -0.950. The Morgan fingerprint density at radius 3 is 2.71 bits per heavy atom. The third kappa shape index (κ3) is 4.08. The van der Waals surface area contributed by atoms with Gasteiger partial charge in [-0.25, -0.2) is 0 Å². The fourth-order valence-electron chi connectivity index (χ4n) is 1.28. The minimum Gasteiger partial charge on any atom is -0.490 e. The van der Waals surface area contributed by atoms with Crippen LogP contribution >= 0.6 is 23.2 Å². The molecule has 0 spiro atoms. The lowest BCUT2D eigenvalue weighted by atomic mass is 10.2. The lowest BCUT2D eigenvalue weighted by Gasteiger charge is -2.22. The maximum atomic E-state index is 8.70. The van der Waals surface area contributed by atoms with E-state index in [1.54, 1.807) is 18.2 Å². The monoisotopic (exact) mass is 272 g/mol. The highest BCUT2D eigenvalue weighted by Crippen LogP contribution is 2.31. The third-order valence-corrected chi connectivity index (χ3v) is 3.21. The zero-order valence-electron chi connectivity index (χ0n) is 9.78. The second kappa shape index (κ2) is 6.70. The van der Waals surface area contributed by atoms with Crippen LogP contribution in [0.3, 0.4) is 0 Å². The van der Waals surface area contributed by atoms with E-state index in [0.29, 0.717) is 28.8 Å². The van der Waals surface area contributed by atoms with Crippen LogP contribution in [0.2, 0.25) is 10.0 Å². The Bertz CT molecular complexity index is 415. The first kappa shape index (κ1) is 14.1. The minimum absolute atomic E-state index is 0.0371. The zero-order valence-corrected chi connectivity index (χ0v) is 11.3. The third-order valence-electron chi connectivity index (χ3n) is 2.40. The second-order valence-electron chi connectivity index (χ2n) is 3.84. The van der Waals surface area contributed by atoms with Crippen molar-refractivity contribution in [2.45, 2.75) is 12.5 Å². The molecule has 0 radical (unpaired) electrons. The lowest BCUT2D eigenvalue weighted by Crippen LogP contribution is -2.33. The van der Waals surface area contributed by atoms with Gasteiger partial charge in [0.15, 0.2) is 0 Å². The van der Waals surface area contributed by atoms with E-state index in [1.807, 2.05) is 19.0 Å². The van der Waals surface area contributed by atoms with Crippen LogP contribution in [0.5, 0.6) is 5.75 Å². The lowest BCUT2D eigenvalue weighted by molar-refractivity contribution is 0.188. The summed E-state index contributed by atoms with van der Waals surface area (Å²) >= 11 is 11.9. The molecule has 92 valence electrons. The van der Waals surface area contributed by atoms with Crippen molar-refractivity contribution in [3.05, 3.63) is 28.2 Å². The number of benzene rings is 1. The van der Waals surface area contributed by atoms with Crippen molar-refractivity contribution in [2.24, 2.45) is 0 Å². The molecule has 0 bridgehead atoms. The van der Waals surface area contributed by atoms with Gasteiger partial charge in [-0.1, -0.05) is 29.3 Å². The Morgan fingerprint density at radius 1 is 1.41 bits per heavy atom. The first-order valence-electron chi connectivity index (χ1n) is 5.16. The molecule has 17 heavy (non-hydrogen) atoms. The van der Waals surface area contributed by atoms with Gasteiger partial charge >= 0.3 is 0 Å². The first-order chi connectivity index (χ1) is 8.06. The topological polar surface area (TPSA) is 36.3 Å². The number of nitriles is 1. The van der Waals surface area contributed by atoms with Gasteiger partial charge in [-0.2, -0.15) is 5.26 Å². The molecule has 0 aliphatic heterocycles. The van der Waals surface area contributed by atoms with Gasteiger partial charge in [0, 0.05) is 0 Å². The molecular weight excluding hydrogens is 259 g/mol. The summed E-state index contributed by atoms with van der Waals surface area (Å²) in [6.45, 7) is 0.403. The minimum atomic E-state index is 0.0371. The van der Waals surface area contributed by atoms with Crippen LogP contribution in [0.4, 0.5) is 0 Å². The van der Waals surface area contributed by atoms with E-state index in [9.17, 15) is 0 Å². The summed E-state index contributed by atoms with van der Waals surface area (Å²) in [5.41, 5.74) is 0. The predicted molar refractivity (Wildman–Crippen MR) is 69.7 cm³/mol. The van der Waals surface area contributed by atoms with Crippen molar-refractivity contribution < 1.29 is 4.74 Å². The molecule has 0 saturated heterocycles. The molecule has 0 heterocycles. The number of ether oxygens (including phenoxy) is 1. The molecule has 0 saturated carbocycles. The van der Waals surface area contributed by atoms with Gasteiger partial charge in [-0.15, -0.1) is 0 Å². The van der Waals surface area contributed by atoms with Gasteiger partial charge < -0.3 is 9.64 Å². The molecule has 0 amide bonds. The van der Waals surface area contributed by atoms with Crippen LogP contribution in [0, 0.1) is 11.3 Å². The molecule has 1 aromatic rings. The van der Waals surface area contributed by atoms with Crippen molar-refractivity contribution in [3.8, 4) is 11.8 Å². The normalized spacial score (nSPS) is 12.2.